The van der Waals surface area contributed by atoms with Gasteiger partial charge in [0, 0.05) is 0 Å². The van der Waals surface area contributed by atoms with E-state index in [9.17, 15) is 13.2 Å². The third-order valence-electron chi connectivity index (χ3n) is 5.22. The Morgan fingerprint density at radius 3 is 2.16 bits per heavy atom. The van der Waals surface area contributed by atoms with Crippen LogP contribution in [0.2, 0.25) is 0 Å². The molecule has 0 aliphatic rings. The molecule has 1 atom stereocenters. The Labute approximate surface area is 184 Å². The van der Waals surface area contributed by atoms with Crippen LogP contribution in [0, 0.1) is 20.8 Å². The number of amides is 1. The van der Waals surface area contributed by atoms with E-state index in [4.69, 9.17) is 0 Å². The summed E-state index contributed by atoms with van der Waals surface area (Å²) in [6.07, 6.45) is 0. The van der Waals surface area contributed by atoms with Gasteiger partial charge in [-0.15, -0.1) is 0 Å². The standard InChI is InChI=1S/C25H28N2O3S/c1-18-11-14-22(15-12-18)27(31(29,30)23-8-6-5-7-9-23)17-25(28)26-21(4)24-16-19(2)10-13-20(24)3/h5-16,21H,17H2,1-4H3,(H,26,28)/t21-/m0/s1. The van der Waals surface area contributed by atoms with Crippen LogP contribution in [0.5, 0.6) is 0 Å². The Balaban J connectivity index is 1.89. The molecule has 0 bridgehead atoms. The van der Waals surface area contributed by atoms with Crippen LogP contribution in [-0.2, 0) is 14.8 Å². The van der Waals surface area contributed by atoms with Gasteiger partial charge in [-0.3, -0.25) is 9.10 Å². The van der Waals surface area contributed by atoms with Crippen LogP contribution in [0.1, 0.15) is 35.2 Å². The molecule has 3 rings (SSSR count). The van der Waals surface area contributed by atoms with E-state index in [0.717, 1.165) is 26.6 Å². The molecule has 0 radical (unpaired) electrons. The van der Waals surface area contributed by atoms with Crippen molar-refractivity contribution in [3.05, 3.63) is 95.1 Å². The number of hydrogen-bond donors (Lipinski definition) is 1. The van der Waals surface area contributed by atoms with Gasteiger partial charge >= 0.3 is 0 Å². The van der Waals surface area contributed by atoms with Gasteiger partial charge in [-0.1, -0.05) is 59.7 Å². The van der Waals surface area contributed by atoms with Gasteiger partial charge < -0.3 is 5.32 Å². The summed E-state index contributed by atoms with van der Waals surface area (Å²) in [5, 5.41) is 2.95. The predicted octanol–water partition coefficient (Wildman–Crippen LogP) is 4.68. The van der Waals surface area contributed by atoms with Crippen LogP contribution in [0.25, 0.3) is 0 Å². The second kappa shape index (κ2) is 9.35. The molecular weight excluding hydrogens is 408 g/mol. The van der Waals surface area contributed by atoms with Gasteiger partial charge in [0.05, 0.1) is 16.6 Å². The lowest BCUT2D eigenvalue weighted by Crippen LogP contribution is -2.41. The van der Waals surface area contributed by atoms with E-state index in [2.05, 4.69) is 5.32 Å². The van der Waals surface area contributed by atoms with Gasteiger partial charge in [-0.05, 0) is 63.1 Å². The topological polar surface area (TPSA) is 66.5 Å². The Bertz CT molecular complexity index is 1160. The predicted molar refractivity (Wildman–Crippen MR) is 125 cm³/mol. The van der Waals surface area contributed by atoms with Crippen molar-refractivity contribution in [3.8, 4) is 0 Å². The maximum Gasteiger partial charge on any atom is 0.264 e. The first-order valence-corrected chi connectivity index (χ1v) is 11.6. The van der Waals surface area contributed by atoms with Gasteiger partial charge in [0.2, 0.25) is 5.91 Å². The molecule has 3 aromatic rings. The first kappa shape index (κ1) is 22.6. The smallest absolute Gasteiger partial charge is 0.264 e. The van der Waals surface area contributed by atoms with E-state index in [1.165, 1.54) is 12.1 Å². The van der Waals surface area contributed by atoms with Gasteiger partial charge in [0.1, 0.15) is 6.54 Å². The van der Waals surface area contributed by atoms with Crippen molar-refractivity contribution in [3.63, 3.8) is 0 Å². The van der Waals surface area contributed by atoms with Crippen LogP contribution >= 0.6 is 0 Å². The van der Waals surface area contributed by atoms with Crippen LogP contribution in [0.3, 0.4) is 0 Å². The van der Waals surface area contributed by atoms with E-state index in [1.807, 2.05) is 58.0 Å². The number of nitrogens with one attached hydrogen (secondary N) is 1. The number of anilines is 1. The molecule has 31 heavy (non-hydrogen) atoms. The molecule has 0 aromatic heterocycles. The monoisotopic (exact) mass is 436 g/mol. The van der Waals surface area contributed by atoms with Crippen molar-refractivity contribution in [2.45, 2.75) is 38.6 Å². The minimum Gasteiger partial charge on any atom is -0.348 e. The molecule has 0 aliphatic heterocycles. The fourth-order valence-corrected chi connectivity index (χ4v) is 4.91. The van der Waals surface area contributed by atoms with Crippen LogP contribution < -0.4 is 9.62 Å². The maximum absolute atomic E-state index is 13.4. The minimum atomic E-state index is -3.90. The molecule has 0 fully saturated rings. The molecule has 1 amide bonds. The normalized spacial score (nSPS) is 12.3. The second-order valence-electron chi connectivity index (χ2n) is 7.81. The number of nitrogens with zero attached hydrogens (tertiary/aromatic N) is 1. The number of sulfonamides is 1. The van der Waals surface area contributed by atoms with Gasteiger partial charge in [0.25, 0.3) is 10.0 Å². The number of hydrogen-bond acceptors (Lipinski definition) is 3. The lowest BCUT2D eigenvalue weighted by atomic mass is 10.00. The Morgan fingerprint density at radius 2 is 1.52 bits per heavy atom. The summed E-state index contributed by atoms with van der Waals surface area (Å²) in [4.78, 5) is 13.1. The van der Waals surface area contributed by atoms with Crippen molar-refractivity contribution in [1.29, 1.82) is 0 Å². The summed E-state index contributed by atoms with van der Waals surface area (Å²) in [7, 11) is -3.90. The first-order chi connectivity index (χ1) is 14.7. The highest BCUT2D eigenvalue weighted by Gasteiger charge is 2.27. The molecule has 0 unspecified atom stereocenters. The zero-order valence-electron chi connectivity index (χ0n) is 18.3. The summed E-state index contributed by atoms with van der Waals surface area (Å²) in [5.41, 5.74) is 4.65. The van der Waals surface area contributed by atoms with E-state index < -0.39 is 10.0 Å². The molecule has 162 valence electrons. The fourth-order valence-electron chi connectivity index (χ4n) is 3.47. The van der Waals surface area contributed by atoms with Crippen molar-refractivity contribution < 1.29 is 13.2 Å². The third kappa shape index (κ3) is 5.33. The summed E-state index contributed by atoms with van der Waals surface area (Å²) in [6, 6.07) is 21.1. The van der Waals surface area contributed by atoms with Crippen molar-refractivity contribution in [2.24, 2.45) is 0 Å². The molecule has 5 nitrogen and oxygen atoms in total. The lowest BCUT2D eigenvalue weighted by molar-refractivity contribution is -0.120. The summed E-state index contributed by atoms with van der Waals surface area (Å²) in [6.45, 7) is 7.52. The number of aryl methyl sites for hydroxylation is 3. The average Bonchev–Trinajstić information content (AvgIpc) is 2.75. The minimum absolute atomic E-state index is 0.144. The first-order valence-electron chi connectivity index (χ1n) is 10.2. The maximum atomic E-state index is 13.4. The number of rotatable bonds is 7. The van der Waals surface area contributed by atoms with E-state index >= 15 is 0 Å². The number of benzene rings is 3. The van der Waals surface area contributed by atoms with Gasteiger partial charge in [-0.25, -0.2) is 8.42 Å². The summed E-state index contributed by atoms with van der Waals surface area (Å²) < 4.78 is 27.9. The van der Waals surface area contributed by atoms with E-state index in [1.54, 1.807) is 30.3 Å². The molecule has 0 aliphatic carbocycles. The van der Waals surface area contributed by atoms with Gasteiger partial charge in [-0.2, -0.15) is 0 Å². The van der Waals surface area contributed by atoms with E-state index in [0.29, 0.717) is 5.69 Å². The molecule has 0 saturated heterocycles. The van der Waals surface area contributed by atoms with Crippen molar-refractivity contribution in [1.82, 2.24) is 5.32 Å². The zero-order valence-corrected chi connectivity index (χ0v) is 19.1. The number of carbonyl (C=O) groups excluding carboxylic acids is 1. The quantitative estimate of drug-likeness (QED) is 0.585. The Hall–Kier alpha value is -3.12. The number of carbonyl (C=O) groups is 1. The molecule has 3 aromatic carbocycles. The largest absolute Gasteiger partial charge is 0.348 e. The molecule has 1 N–H and O–H groups in total. The van der Waals surface area contributed by atoms with Crippen molar-refractivity contribution in [2.75, 3.05) is 10.8 Å². The van der Waals surface area contributed by atoms with Crippen LogP contribution in [0.15, 0.2) is 77.7 Å². The van der Waals surface area contributed by atoms with Gasteiger partial charge in [0.15, 0.2) is 0 Å². The Morgan fingerprint density at radius 1 is 0.903 bits per heavy atom. The molecular formula is C25H28N2O3S. The Kier molecular flexibility index (Phi) is 6.81. The highest BCUT2D eigenvalue weighted by Crippen LogP contribution is 2.24. The highest BCUT2D eigenvalue weighted by molar-refractivity contribution is 7.92. The lowest BCUT2D eigenvalue weighted by Gasteiger charge is -2.25. The highest BCUT2D eigenvalue weighted by atomic mass is 32.2. The third-order valence-corrected chi connectivity index (χ3v) is 7.01. The molecule has 0 heterocycles. The average molecular weight is 437 g/mol. The van der Waals surface area contributed by atoms with Crippen molar-refractivity contribution >= 4 is 21.6 Å². The molecule has 6 heteroatoms. The van der Waals surface area contributed by atoms with Crippen LogP contribution in [-0.4, -0.2) is 20.9 Å². The SMILES string of the molecule is Cc1ccc(N(CC(=O)N[C@@H](C)c2cc(C)ccc2C)S(=O)(=O)c2ccccc2)cc1. The molecule has 0 spiro atoms. The summed E-state index contributed by atoms with van der Waals surface area (Å²) >= 11 is 0. The van der Waals surface area contributed by atoms with Crippen LogP contribution in [0.4, 0.5) is 5.69 Å². The zero-order chi connectivity index (χ0) is 22.6. The summed E-state index contributed by atoms with van der Waals surface area (Å²) in [5.74, 6) is -0.367. The van der Waals surface area contributed by atoms with E-state index in [-0.39, 0.29) is 23.4 Å². The molecule has 0 saturated carbocycles. The fraction of sp³-hybridized carbons (Fsp3) is 0.240. The second-order valence-corrected chi connectivity index (χ2v) is 9.67.